The minimum atomic E-state index is -3.57. The topological polar surface area (TPSA) is 104 Å². The van der Waals surface area contributed by atoms with Crippen molar-refractivity contribution in [2.24, 2.45) is 11.8 Å². The summed E-state index contributed by atoms with van der Waals surface area (Å²) in [5.74, 6) is -0.301. The molecule has 0 spiro atoms. The van der Waals surface area contributed by atoms with Crippen molar-refractivity contribution in [3.05, 3.63) is 114 Å². The predicted octanol–water partition coefficient (Wildman–Crippen LogP) is 5.60. The fourth-order valence-electron chi connectivity index (χ4n) is 6.65. The highest BCUT2D eigenvalue weighted by Gasteiger charge is 2.54. The van der Waals surface area contributed by atoms with E-state index in [4.69, 9.17) is 20.8 Å². The minimum absolute atomic E-state index is 0.0846. The highest BCUT2D eigenvalue weighted by molar-refractivity contribution is 7.92. The average Bonchev–Trinajstić information content (AvgIpc) is 3.51. The molecule has 9 nitrogen and oxygen atoms in total. The lowest BCUT2D eigenvalue weighted by Gasteiger charge is -2.37. The lowest BCUT2D eigenvalue weighted by atomic mass is 9.68. The van der Waals surface area contributed by atoms with Crippen molar-refractivity contribution in [3.8, 4) is 11.5 Å². The summed E-state index contributed by atoms with van der Waals surface area (Å²) in [6.07, 6.45) is 3.73. The van der Waals surface area contributed by atoms with Crippen LogP contribution in [0.3, 0.4) is 0 Å². The van der Waals surface area contributed by atoms with Gasteiger partial charge in [0.05, 0.1) is 12.0 Å². The van der Waals surface area contributed by atoms with Crippen LogP contribution in [-0.2, 0) is 29.7 Å². The summed E-state index contributed by atoms with van der Waals surface area (Å²) in [6.45, 7) is 12.5. The first-order valence-electron chi connectivity index (χ1n) is 15.4. The first-order chi connectivity index (χ1) is 22.6. The summed E-state index contributed by atoms with van der Waals surface area (Å²) in [7, 11) is -2.22. The second kappa shape index (κ2) is 14.4. The number of sulfone groups is 1. The van der Waals surface area contributed by atoms with Crippen LogP contribution in [0.25, 0.3) is 4.85 Å². The van der Waals surface area contributed by atoms with Gasteiger partial charge in [0.2, 0.25) is 5.91 Å². The van der Waals surface area contributed by atoms with E-state index in [0.29, 0.717) is 22.6 Å². The van der Waals surface area contributed by atoms with Crippen molar-refractivity contribution >= 4 is 21.7 Å². The standard InChI is InChI=1S/C36H37FN2O7S/c1-4-34(40)39-23-32(24-39)47(42,43)31-17-15-30(16-18-31)46-20-19-45-29-13-11-26(12-14-29)36(38-2,27-8-6-9-28(37)22-27)33-10-5-7-25(33)21-35(41)44-3/h4,6,8-9,11-18,22,25,32-33H,1,5,7,10,19-21,23-24H2,3H3/t25-,33+,36+/m1/s1. The quantitative estimate of drug-likeness (QED) is 0.102. The molecule has 11 heteroatoms. The van der Waals surface area contributed by atoms with E-state index >= 15 is 0 Å². The first kappa shape index (κ1) is 33.7. The minimum Gasteiger partial charge on any atom is -0.490 e. The van der Waals surface area contributed by atoms with E-state index in [1.165, 1.54) is 42.4 Å². The number of benzene rings is 3. The van der Waals surface area contributed by atoms with Gasteiger partial charge < -0.3 is 19.1 Å². The zero-order valence-corrected chi connectivity index (χ0v) is 27.0. The van der Waals surface area contributed by atoms with Gasteiger partial charge >= 0.3 is 5.97 Å². The highest BCUT2D eigenvalue weighted by Crippen LogP contribution is 2.52. The van der Waals surface area contributed by atoms with Crippen molar-refractivity contribution in [3.63, 3.8) is 0 Å². The monoisotopic (exact) mass is 660 g/mol. The molecule has 2 fully saturated rings. The van der Waals surface area contributed by atoms with E-state index in [2.05, 4.69) is 11.4 Å². The summed E-state index contributed by atoms with van der Waals surface area (Å²) >= 11 is 0. The van der Waals surface area contributed by atoms with Crippen LogP contribution in [0, 0.1) is 24.2 Å². The Morgan fingerprint density at radius 2 is 1.64 bits per heavy atom. The van der Waals surface area contributed by atoms with Crippen LogP contribution in [0.1, 0.15) is 36.8 Å². The molecular weight excluding hydrogens is 623 g/mol. The van der Waals surface area contributed by atoms with Gasteiger partial charge in [0.1, 0.15) is 35.8 Å². The average molecular weight is 661 g/mol. The van der Waals surface area contributed by atoms with Crippen molar-refractivity contribution in [1.29, 1.82) is 0 Å². The van der Waals surface area contributed by atoms with Gasteiger partial charge in [-0.2, -0.15) is 0 Å². The van der Waals surface area contributed by atoms with E-state index in [9.17, 15) is 22.4 Å². The number of nitrogens with zero attached hydrogens (tertiary/aromatic N) is 2. The smallest absolute Gasteiger partial charge is 0.305 e. The second-order valence-corrected chi connectivity index (χ2v) is 14.0. The third kappa shape index (κ3) is 7.03. The Hall–Kier alpha value is -4.69. The third-order valence-corrected chi connectivity index (χ3v) is 11.2. The van der Waals surface area contributed by atoms with E-state index in [-0.39, 0.29) is 61.3 Å². The summed E-state index contributed by atoms with van der Waals surface area (Å²) in [6, 6.07) is 19.5. The molecule has 1 aliphatic heterocycles. The zero-order valence-electron chi connectivity index (χ0n) is 26.1. The molecule has 0 bridgehead atoms. The largest absolute Gasteiger partial charge is 0.490 e. The summed E-state index contributed by atoms with van der Waals surface area (Å²) < 4.78 is 56.8. The molecule has 1 amide bonds. The third-order valence-electron chi connectivity index (χ3n) is 9.13. The van der Waals surface area contributed by atoms with Gasteiger partial charge in [-0.15, -0.1) is 0 Å². The van der Waals surface area contributed by atoms with Gasteiger partial charge in [0.25, 0.3) is 5.54 Å². The fourth-order valence-corrected chi connectivity index (χ4v) is 8.30. The van der Waals surface area contributed by atoms with E-state index in [1.54, 1.807) is 36.4 Å². The maximum Gasteiger partial charge on any atom is 0.305 e. The molecule has 2 aliphatic rings. The molecule has 5 rings (SSSR count). The van der Waals surface area contributed by atoms with Gasteiger partial charge in [-0.1, -0.05) is 25.1 Å². The zero-order chi connectivity index (χ0) is 33.6. The van der Waals surface area contributed by atoms with Gasteiger partial charge in [-0.05, 0) is 85.5 Å². The summed E-state index contributed by atoms with van der Waals surface area (Å²) in [5.41, 5.74) is 0.0487. The Morgan fingerprint density at radius 3 is 2.21 bits per heavy atom. The molecule has 1 saturated heterocycles. The lowest BCUT2D eigenvalue weighted by molar-refractivity contribution is -0.142. The van der Waals surface area contributed by atoms with Crippen molar-refractivity contribution in [2.45, 2.75) is 41.4 Å². The van der Waals surface area contributed by atoms with E-state index in [1.807, 2.05) is 12.1 Å². The Morgan fingerprint density at radius 1 is 1.00 bits per heavy atom. The molecule has 3 aromatic carbocycles. The number of hydrogen-bond acceptors (Lipinski definition) is 7. The molecule has 0 radical (unpaired) electrons. The Kier molecular flexibility index (Phi) is 10.3. The van der Waals surface area contributed by atoms with Crippen LogP contribution >= 0.6 is 0 Å². The van der Waals surface area contributed by atoms with Crippen LogP contribution in [0.5, 0.6) is 11.5 Å². The number of hydrogen-bond donors (Lipinski definition) is 0. The predicted molar refractivity (Wildman–Crippen MR) is 173 cm³/mol. The SMILES string of the molecule is [C-]#[N+][C@@](c1ccc(OCCOc2ccc(S(=O)(=O)C3CN(C(=O)C=C)C3)cc2)cc1)(c1cccc(F)c1)[C@H]1CCC[C@@H]1CC(=O)OC. The normalized spacial score (nSPS) is 19.1. The number of rotatable bonds is 13. The molecule has 1 aliphatic carbocycles. The van der Waals surface area contributed by atoms with Crippen LogP contribution in [0.15, 0.2) is 90.3 Å². The number of amides is 1. The van der Waals surface area contributed by atoms with E-state index in [0.717, 1.165) is 19.3 Å². The number of carbonyl (C=O) groups excluding carboxylic acids is 2. The fraction of sp³-hybridized carbons (Fsp3) is 0.361. The van der Waals surface area contributed by atoms with Gasteiger partial charge in [-0.3, -0.25) is 14.4 Å². The molecule has 1 heterocycles. The number of ether oxygens (including phenoxy) is 3. The molecule has 0 N–H and O–H groups in total. The molecule has 47 heavy (non-hydrogen) atoms. The maximum atomic E-state index is 14.5. The van der Waals surface area contributed by atoms with Crippen molar-refractivity contribution in [2.75, 3.05) is 33.4 Å². The van der Waals surface area contributed by atoms with Crippen LogP contribution < -0.4 is 9.47 Å². The molecule has 0 aromatic heterocycles. The molecule has 3 atom stereocenters. The Bertz CT molecular complexity index is 1750. The molecule has 246 valence electrons. The molecular formula is C36H37FN2O7S. The number of likely N-dealkylation sites (tertiary alicyclic amines) is 1. The van der Waals surface area contributed by atoms with Crippen LogP contribution in [0.2, 0.25) is 0 Å². The van der Waals surface area contributed by atoms with Crippen molar-refractivity contribution in [1.82, 2.24) is 4.90 Å². The highest BCUT2D eigenvalue weighted by atomic mass is 32.2. The Balaban J connectivity index is 1.22. The lowest BCUT2D eigenvalue weighted by Crippen LogP contribution is -2.56. The second-order valence-electron chi connectivity index (χ2n) is 11.8. The van der Waals surface area contributed by atoms with Gasteiger partial charge in [0, 0.05) is 36.6 Å². The number of carbonyl (C=O) groups is 2. The first-order valence-corrected chi connectivity index (χ1v) is 17.0. The van der Waals surface area contributed by atoms with Crippen molar-refractivity contribution < 1.29 is 36.6 Å². The number of halogens is 1. The van der Waals surface area contributed by atoms with Gasteiger partial charge in [-0.25, -0.2) is 19.4 Å². The maximum absolute atomic E-state index is 14.5. The molecule has 3 aromatic rings. The van der Waals surface area contributed by atoms with Gasteiger partial charge in [0.15, 0.2) is 9.84 Å². The molecule has 0 unspecified atom stereocenters. The molecule has 1 saturated carbocycles. The van der Waals surface area contributed by atoms with Crippen LogP contribution in [-0.4, -0.2) is 63.9 Å². The number of methoxy groups -OCH3 is 1. The van der Waals surface area contributed by atoms with Crippen LogP contribution in [0.4, 0.5) is 4.39 Å². The number of esters is 1. The van der Waals surface area contributed by atoms with E-state index < -0.39 is 26.4 Å². The summed E-state index contributed by atoms with van der Waals surface area (Å²) in [4.78, 5) is 29.6. The Labute approximate surface area is 274 Å². The summed E-state index contributed by atoms with van der Waals surface area (Å²) in [5, 5.41) is -0.647.